The van der Waals surface area contributed by atoms with Crippen molar-refractivity contribution in [3.8, 4) is 0 Å². The number of nitrogens with zero attached hydrogens (tertiary/aromatic N) is 1. The van der Waals surface area contributed by atoms with Gasteiger partial charge in [0.15, 0.2) is 0 Å². The Kier molecular flexibility index (Phi) is 4.19. The Hall–Kier alpha value is -0.280. The maximum Gasteiger partial charge on any atom is 0.0796 e. The standard InChI is InChI=1S/C23H37NO6/c1-4-24-9-21(10-29-2)6-5-14(25)23-12-7-11-13(30-3)8-22(28,15(12)17(11)26)16(20(23)24)18(27)19(21)23/h11-20,25-28H,4-10H2,1-3H3/t11-,12-,13+,14+,15-,16+,17+,18+,19-,20-,21+,22-,23+/m1/s1. The number of ether oxygens (including phenoxy) is 2. The summed E-state index contributed by atoms with van der Waals surface area (Å²) in [6, 6.07) is -0.0735. The van der Waals surface area contributed by atoms with Crippen molar-refractivity contribution in [1.82, 2.24) is 4.90 Å². The molecule has 0 aromatic heterocycles. The van der Waals surface area contributed by atoms with Crippen LogP contribution in [0.5, 0.6) is 0 Å². The van der Waals surface area contributed by atoms with Gasteiger partial charge in [-0.1, -0.05) is 6.92 Å². The highest BCUT2D eigenvalue weighted by Gasteiger charge is 2.85. The van der Waals surface area contributed by atoms with E-state index in [2.05, 4.69) is 11.8 Å². The van der Waals surface area contributed by atoms with Gasteiger partial charge in [0.2, 0.25) is 0 Å². The first kappa shape index (κ1) is 20.3. The van der Waals surface area contributed by atoms with E-state index < -0.39 is 29.3 Å². The summed E-state index contributed by atoms with van der Waals surface area (Å²) in [6.07, 6.45) is 0.615. The fraction of sp³-hybridized carbons (Fsp3) is 1.00. The van der Waals surface area contributed by atoms with Gasteiger partial charge in [-0.25, -0.2) is 0 Å². The lowest BCUT2D eigenvalue weighted by Gasteiger charge is -2.68. The van der Waals surface area contributed by atoms with Crippen LogP contribution >= 0.6 is 0 Å². The van der Waals surface area contributed by atoms with Crippen molar-refractivity contribution in [3.63, 3.8) is 0 Å². The van der Waals surface area contributed by atoms with Crippen molar-refractivity contribution in [1.29, 1.82) is 0 Å². The molecule has 6 aliphatic rings. The van der Waals surface area contributed by atoms with Crippen molar-refractivity contribution < 1.29 is 29.9 Å². The van der Waals surface area contributed by atoms with E-state index in [1.54, 1.807) is 14.2 Å². The molecule has 0 amide bonds. The maximum absolute atomic E-state index is 12.3. The molecule has 7 nitrogen and oxygen atoms in total. The average Bonchev–Trinajstić information content (AvgIpc) is 3.11. The third-order valence-electron chi connectivity index (χ3n) is 10.9. The fourth-order valence-corrected chi connectivity index (χ4v) is 10.4. The van der Waals surface area contributed by atoms with E-state index in [9.17, 15) is 20.4 Å². The molecule has 0 aromatic carbocycles. The molecule has 1 aliphatic heterocycles. The van der Waals surface area contributed by atoms with Crippen LogP contribution in [0.2, 0.25) is 0 Å². The minimum absolute atomic E-state index is 0.0158. The van der Waals surface area contributed by atoms with E-state index in [0.29, 0.717) is 19.4 Å². The molecular formula is C23H37NO6. The van der Waals surface area contributed by atoms with Gasteiger partial charge in [0.05, 0.1) is 36.6 Å². The molecule has 13 atom stereocenters. The van der Waals surface area contributed by atoms with Crippen molar-refractivity contribution in [3.05, 3.63) is 0 Å². The molecule has 7 bridgehead atoms. The smallest absolute Gasteiger partial charge is 0.0796 e. The third-order valence-corrected chi connectivity index (χ3v) is 10.9. The first-order chi connectivity index (χ1) is 14.3. The first-order valence-corrected chi connectivity index (χ1v) is 11.8. The van der Waals surface area contributed by atoms with E-state index in [1.165, 1.54) is 0 Å². The summed E-state index contributed by atoms with van der Waals surface area (Å²) < 4.78 is 11.5. The number of hydrogen-bond donors (Lipinski definition) is 4. The van der Waals surface area contributed by atoms with Crippen LogP contribution in [0.25, 0.3) is 0 Å². The average molecular weight is 424 g/mol. The molecule has 1 spiro atoms. The topological polar surface area (TPSA) is 103 Å². The van der Waals surface area contributed by atoms with Crippen LogP contribution in [0.4, 0.5) is 0 Å². The van der Waals surface area contributed by atoms with Crippen LogP contribution in [-0.2, 0) is 9.47 Å². The number of likely N-dealkylation sites (tertiary alicyclic amines) is 1. The molecule has 1 heterocycles. The van der Waals surface area contributed by atoms with Gasteiger partial charge in [-0.2, -0.15) is 0 Å². The Balaban J connectivity index is 1.61. The summed E-state index contributed by atoms with van der Waals surface area (Å²) in [7, 11) is 3.38. The second-order valence-corrected chi connectivity index (χ2v) is 11.3. The quantitative estimate of drug-likeness (QED) is 0.499. The van der Waals surface area contributed by atoms with Crippen molar-refractivity contribution in [2.45, 2.75) is 68.7 Å². The van der Waals surface area contributed by atoms with Crippen LogP contribution in [0, 0.1) is 40.4 Å². The minimum atomic E-state index is -1.18. The monoisotopic (exact) mass is 423 g/mol. The third kappa shape index (κ3) is 1.91. The lowest BCUT2D eigenvalue weighted by molar-refractivity contribution is -0.272. The second kappa shape index (κ2) is 6.19. The van der Waals surface area contributed by atoms with Gasteiger partial charge in [-0.05, 0) is 31.7 Å². The maximum atomic E-state index is 12.3. The highest BCUT2D eigenvalue weighted by molar-refractivity contribution is 5.35. The van der Waals surface area contributed by atoms with E-state index in [4.69, 9.17) is 9.47 Å². The van der Waals surface area contributed by atoms with Crippen molar-refractivity contribution in [2.24, 2.45) is 40.4 Å². The molecule has 1 saturated heterocycles. The van der Waals surface area contributed by atoms with Gasteiger partial charge in [-0.3, -0.25) is 4.90 Å². The number of aliphatic hydroxyl groups is 4. The predicted molar refractivity (Wildman–Crippen MR) is 107 cm³/mol. The normalized spacial score (nSPS) is 63.3. The number of hydrogen-bond acceptors (Lipinski definition) is 7. The van der Waals surface area contributed by atoms with E-state index in [0.717, 1.165) is 25.9 Å². The molecule has 170 valence electrons. The lowest BCUT2D eigenvalue weighted by atomic mass is 9.43. The molecule has 0 radical (unpaired) electrons. The summed E-state index contributed by atoms with van der Waals surface area (Å²) in [5.74, 6) is -0.843. The summed E-state index contributed by atoms with van der Waals surface area (Å²) in [5.41, 5.74) is -1.92. The van der Waals surface area contributed by atoms with Crippen LogP contribution < -0.4 is 0 Å². The van der Waals surface area contributed by atoms with E-state index in [-0.39, 0.29) is 47.2 Å². The van der Waals surface area contributed by atoms with Gasteiger partial charge < -0.3 is 29.9 Å². The molecule has 5 aliphatic carbocycles. The first-order valence-electron chi connectivity index (χ1n) is 11.8. The molecule has 0 aromatic rings. The van der Waals surface area contributed by atoms with Crippen LogP contribution in [0.1, 0.15) is 32.6 Å². The Morgan fingerprint density at radius 3 is 2.53 bits per heavy atom. The SMILES string of the molecule is CCN1C[C@]2(COC)CC[C@H](O)[C@@]34[C@@H]5C[C@H]6[C@H](O)[C@@H]5[C@](O)(C[C@@H]6OC)[C@@H]([C@H](O)[C@H]23)[C@@H]14. The van der Waals surface area contributed by atoms with E-state index in [1.807, 2.05) is 0 Å². The molecule has 4 N–H and O–H groups in total. The van der Waals surface area contributed by atoms with Gasteiger partial charge >= 0.3 is 0 Å². The zero-order valence-corrected chi connectivity index (χ0v) is 18.3. The molecule has 6 fully saturated rings. The highest BCUT2D eigenvalue weighted by Crippen LogP contribution is 2.78. The number of piperidine rings is 1. The van der Waals surface area contributed by atoms with Crippen molar-refractivity contribution in [2.75, 3.05) is 33.9 Å². The molecule has 7 heteroatoms. The van der Waals surface area contributed by atoms with Gasteiger partial charge in [0.25, 0.3) is 0 Å². The van der Waals surface area contributed by atoms with Crippen molar-refractivity contribution >= 4 is 0 Å². The predicted octanol–water partition coefficient (Wildman–Crippen LogP) is -0.152. The Labute approximate surface area is 178 Å². The second-order valence-electron chi connectivity index (χ2n) is 11.3. The van der Waals surface area contributed by atoms with Gasteiger partial charge in [0.1, 0.15) is 0 Å². The molecule has 0 unspecified atom stereocenters. The lowest BCUT2D eigenvalue weighted by Crippen LogP contribution is -2.76. The molecule has 6 rings (SSSR count). The number of rotatable bonds is 4. The van der Waals surface area contributed by atoms with Gasteiger partial charge in [0, 0.05) is 67.7 Å². The summed E-state index contributed by atoms with van der Waals surface area (Å²) in [5, 5.41) is 47.2. The highest BCUT2D eigenvalue weighted by atomic mass is 16.5. The molecule has 5 saturated carbocycles. The summed E-state index contributed by atoms with van der Waals surface area (Å²) in [6.45, 7) is 4.34. The number of fused-ring (bicyclic) bond motifs is 2. The minimum Gasteiger partial charge on any atom is -0.392 e. The zero-order chi connectivity index (χ0) is 21.2. The largest absolute Gasteiger partial charge is 0.392 e. The zero-order valence-electron chi connectivity index (χ0n) is 18.3. The Morgan fingerprint density at radius 1 is 1.10 bits per heavy atom. The van der Waals surface area contributed by atoms with Crippen LogP contribution in [0.3, 0.4) is 0 Å². The molecule has 30 heavy (non-hydrogen) atoms. The summed E-state index contributed by atoms with van der Waals surface area (Å²) in [4.78, 5) is 2.42. The molecular weight excluding hydrogens is 386 g/mol. The van der Waals surface area contributed by atoms with Crippen LogP contribution in [0.15, 0.2) is 0 Å². The fourth-order valence-electron chi connectivity index (χ4n) is 10.4. The Bertz CT molecular complexity index is 736. The number of methoxy groups -OCH3 is 2. The summed E-state index contributed by atoms with van der Waals surface area (Å²) >= 11 is 0. The van der Waals surface area contributed by atoms with E-state index >= 15 is 0 Å². The van der Waals surface area contributed by atoms with Gasteiger partial charge in [-0.15, -0.1) is 0 Å². The van der Waals surface area contributed by atoms with Crippen LogP contribution in [-0.4, -0.2) is 95.3 Å². The Morgan fingerprint density at radius 2 is 1.87 bits per heavy atom. The number of aliphatic hydroxyl groups excluding tert-OH is 3.